The van der Waals surface area contributed by atoms with Crippen molar-refractivity contribution in [1.29, 1.82) is 0 Å². The average molecular weight is 253 g/mol. The summed E-state index contributed by atoms with van der Waals surface area (Å²) in [5.74, 6) is 0. The van der Waals surface area contributed by atoms with Crippen LogP contribution in [0.2, 0.25) is 0 Å². The fourth-order valence-corrected chi connectivity index (χ4v) is 2.20. The highest BCUT2D eigenvalue weighted by atomic mass is 14.7. The van der Waals surface area contributed by atoms with Gasteiger partial charge in [0.1, 0.15) is 0 Å². The molecule has 0 aliphatic carbocycles. The molecule has 0 saturated heterocycles. The lowest BCUT2D eigenvalue weighted by Gasteiger charge is -2.28. The Morgan fingerprint density at radius 3 is 1.83 bits per heavy atom. The Morgan fingerprint density at radius 2 is 1.39 bits per heavy atom. The number of hydrogen-bond acceptors (Lipinski definition) is 1. The fourth-order valence-electron chi connectivity index (χ4n) is 2.20. The molecule has 0 aliphatic heterocycles. The van der Waals surface area contributed by atoms with Crippen molar-refractivity contribution in [2.75, 3.05) is 0 Å². The molecule has 1 unspecified atom stereocenters. The van der Waals surface area contributed by atoms with Crippen molar-refractivity contribution in [3.05, 3.63) is 12.7 Å². The van der Waals surface area contributed by atoms with Crippen molar-refractivity contribution in [2.24, 2.45) is 11.1 Å². The van der Waals surface area contributed by atoms with Gasteiger partial charge in [0.05, 0.1) is 0 Å². The first-order chi connectivity index (χ1) is 8.54. The summed E-state index contributed by atoms with van der Waals surface area (Å²) in [5.41, 5.74) is 6.27. The molecule has 0 fully saturated rings. The minimum atomic E-state index is 0.0835. The molecule has 0 spiro atoms. The van der Waals surface area contributed by atoms with E-state index in [0.29, 0.717) is 0 Å². The molecule has 0 bridgehead atoms. The Hall–Kier alpha value is -0.300. The maximum absolute atomic E-state index is 6.19. The molecule has 2 N–H and O–H groups in total. The zero-order valence-corrected chi connectivity index (χ0v) is 13.0. The minimum Gasteiger partial charge on any atom is -0.327 e. The molecule has 0 rings (SSSR count). The Morgan fingerprint density at radius 1 is 0.944 bits per heavy atom. The van der Waals surface area contributed by atoms with E-state index in [2.05, 4.69) is 27.4 Å². The summed E-state index contributed by atoms with van der Waals surface area (Å²) in [7, 11) is 0. The number of rotatable bonds is 12. The van der Waals surface area contributed by atoms with Crippen LogP contribution in [0.15, 0.2) is 12.7 Å². The van der Waals surface area contributed by atoms with Gasteiger partial charge < -0.3 is 5.73 Å². The van der Waals surface area contributed by atoms with Gasteiger partial charge >= 0.3 is 0 Å². The van der Waals surface area contributed by atoms with E-state index in [-0.39, 0.29) is 11.5 Å². The van der Waals surface area contributed by atoms with Crippen molar-refractivity contribution in [3.8, 4) is 0 Å². The highest BCUT2D eigenvalue weighted by Crippen LogP contribution is 2.24. The quantitative estimate of drug-likeness (QED) is 0.363. The van der Waals surface area contributed by atoms with Crippen LogP contribution in [-0.4, -0.2) is 6.04 Å². The highest BCUT2D eigenvalue weighted by molar-refractivity contribution is 4.95. The Balaban J connectivity index is 3.33. The van der Waals surface area contributed by atoms with Crippen molar-refractivity contribution in [2.45, 2.75) is 91.0 Å². The van der Waals surface area contributed by atoms with E-state index in [4.69, 9.17) is 5.73 Å². The van der Waals surface area contributed by atoms with Crippen molar-refractivity contribution in [1.82, 2.24) is 0 Å². The smallest absolute Gasteiger partial charge is 0.0125 e. The summed E-state index contributed by atoms with van der Waals surface area (Å²) in [6, 6.07) is 0.263. The Bertz CT molecular complexity index is 196. The van der Waals surface area contributed by atoms with E-state index in [1.54, 1.807) is 0 Å². The lowest BCUT2D eigenvalue weighted by Crippen LogP contribution is -2.35. The zero-order valence-electron chi connectivity index (χ0n) is 13.0. The lowest BCUT2D eigenvalue weighted by atomic mass is 9.82. The maximum Gasteiger partial charge on any atom is 0.0125 e. The first-order valence-electron chi connectivity index (χ1n) is 7.93. The maximum atomic E-state index is 6.19. The largest absolute Gasteiger partial charge is 0.327 e. The molecule has 1 atom stereocenters. The van der Waals surface area contributed by atoms with Gasteiger partial charge in [-0.1, -0.05) is 84.6 Å². The Kier molecular flexibility index (Phi) is 10.4. The summed E-state index contributed by atoms with van der Waals surface area (Å²) in [4.78, 5) is 0. The van der Waals surface area contributed by atoms with E-state index < -0.39 is 0 Å². The summed E-state index contributed by atoms with van der Waals surface area (Å²) in [5, 5.41) is 0. The number of hydrogen-bond donors (Lipinski definition) is 1. The second kappa shape index (κ2) is 10.6. The molecule has 18 heavy (non-hydrogen) atoms. The van der Waals surface area contributed by atoms with Crippen LogP contribution in [0.25, 0.3) is 0 Å². The van der Waals surface area contributed by atoms with Crippen LogP contribution in [-0.2, 0) is 0 Å². The monoisotopic (exact) mass is 253 g/mol. The topological polar surface area (TPSA) is 26.0 Å². The first-order valence-corrected chi connectivity index (χ1v) is 7.93. The Labute approximate surface area is 115 Å². The molecule has 0 aromatic rings. The molecule has 1 heteroatoms. The van der Waals surface area contributed by atoms with Crippen molar-refractivity contribution >= 4 is 0 Å². The van der Waals surface area contributed by atoms with E-state index in [9.17, 15) is 0 Å². The molecule has 0 aromatic carbocycles. The van der Waals surface area contributed by atoms with E-state index in [0.717, 1.165) is 6.42 Å². The summed E-state index contributed by atoms with van der Waals surface area (Å²) in [6.45, 7) is 10.5. The van der Waals surface area contributed by atoms with Crippen molar-refractivity contribution in [3.63, 3.8) is 0 Å². The molecule has 0 aromatic heterocycles. The fraction of sp³-hybridized carbons (Fsp3) is 0.882. The predicted molar refractivity (Wildman–Crippen MR) is 83.8 cm³/mol. The summed E-state index contributed by atoms with van der Waals surface area (Å²) in [6.07, 6.45) is 15.6. The SMILES string of the molecule is C=CC(C)(C)C(N)CCCCCCCCCCC. The lowest BCUT2D eigenvalue weighted by molar-refractivity contribution is 0.343. The van der Waals surface area contributed by atoms with Gasteiger partial charge in [-0.3, -0.25) is 0 Å². The summed E-state index contributed by atoms with van der Waals surface area (Å²) < 4.78 is 0. The molecule has 108 valence electrons. The van der Waals surface area contributed by atoms with E-state index in [1.165, 1.54) is 57.8 Å². The second-order valence-corrected chi connectivity index (χ2v) is 6.25. The molecule has 0 heterocycles. The highest BCUT2D eigenvalue weighted by Gasteiger charge is 2.21. The van der Waals surface area contributed by atoms with Gasteiger partial charge in [0, 0.05) is 6.04 Å². The zero-order chi connectivity index (χ0) is 13.9. The van der Waals surface area contributed by atoms with Gasteiger partial charge in [0.25, 0.3) is 0 Å². The molecular weight excluding hydrogens is 218 g/mol. The normalized spacial score (nSPS) is 13.6. The average Bonchev–Trinajstić information content (AvgIpc) is 2.36. The summed E-state index contributed by atoms with van der Waals surface area (Å²) >= 11 is 0. The van der Waals surface area contributed by atoms with Gasteiger partial charge in [0.2, 0.25) is 0 Å². The van der Waals surface area contributed by atoms with E-state index >= 15 is 0 Å². The van der Waals surface area contributed by atoms with Gasteiger partial charge in [0.15, 0.2) is 0 Å². The van der Waals surface area contributed by atoms with Crippen LogP contribution >= 0.6 is 0 Å². The van der Waals surface area contributed by atoms with Crippen LogP contribution in [0.3, 0.4) is 0 Å². The first kappa shape index (κ1) is 17.7. The number of unbranched alkanes of at least 4 members (excludes halogenated alkanes) is 8. The third-order valence-corrected chi connectivity index (χ3v) is 4.10. The van der Waals surface area contributed by atoms with Gasteiger partial charge in [-0.25, -0.2) is 0 Å². The molecule has 0 radical (unpaired) electrons. The molecule has 0 aliphatic rings. The third kappa shape index (κ3) is 8.74. The van der Waals surface area contributed by atoms with Crippen LogP contribution in [0.4, 0.5) is 0 Å². The molecule has 0 saturated carbocycles. The standard InChI is InChI=1S/C17H35N/c1-5-7-8-9-10-11-12-13-14-15-16(18)17(3,4)6-2/h6,16H,2,5,7-15,18H2,1,3-4H3. The van der Waals surface area contributed by atoms with Gasteiger partial charge in [-0.15, -0.1) is 6.58 Å². The molecular formula is C17H35N. The second-order valence-electron chi connectivity index (χ2n) is 6.25. The third-order valence-electron chi connectivity index (χ3n) is 4.10. The van der Waals surface area contributed by atoms with Crippen LogP contribution < -0.4 is 5.73 Å². The van der Waals surface area contributed by atoms with Gasteiger partial charge in [-0.05, 0) is 11.8 Å². The van der Waals surface area contributed by atoms with Crippen molar-refractivity contribution < 1.29 is 0 Å². The van der Waals surface area contributed by atoms with E-state index in [1.807, 2.05) is 6.08 Å². The molecule has 1 nitrogen and oxygen atoms in total. The van der Waals surface area contributed by atoms with Crippen LogP contribution in [0.1, 0.15) is 85.0 Å². The van der Waals surface area contributed by atoms with Gasteiger partial charge in [-0.2, -0.15) is 0 Å². The predicted octanol–water partition coefficient (Wildman–Crippen LogP) is 5.45. The minimum absolute atomic E-state index is 0.0835. The molecule has 0 amide bonds. The number of nitrogens with two attached hydrogens (primary N) is 1. The van der Waals surface area contributed by atoms with Crippen LogP contribution in [0.5, 0.6) is 0 Å². The van der Waals surface area contributed by atoms with Crippen LogP contribution in [0, 0.1) is 5.41 Å².